The molecule has 0 fully saturated rings. The van der Waals surface area contributed by atoms with E-state index >= 15 is 0 Å². The molecular formula is C21H24N2O3S. The van der Waals surface area contributed by atoms with Crippen molar-refractivity contribution in [3.8, 4) is 0 Å². The first-order valence-electron chi connectivity index (χ1n) is 8.76. The summed E-state index contributed by atoms with van der Waals surface area (Å²) in [6, 6.07) is 12.1. The predicted molar refractivity (Wildman–Crippen MR) is 109 cm³/mol. The van der Waals surface area contributed by atoms with Gasteiger partial charge in [-0.05, 0) is 69.7 Å². The molecule has 1 aliphatic rings. The summed E-state index contributed by atoms with van der Waals surface area (Å²) in [5.74, 6) is -0.201. The van der Waals surface area contributed by atoms with Crippen LogP contribution in [0.1, 0.15) is 38.8 Å². The highest BCUT2D eigenvalue weighted by atomic mass is 32.2. The van der Waals surface area contributed by atoms with Gasteiger partial charge in [0.15, 0.2) is 0 Å². The second kappa shape index (κ2) is 6.53. The molecule has 6 heteroatoms. The molecule has 0 unspecified atom stereocenters. The van der Waals surface area contributed by atoms with Crippen molar-refractivity contribution in [3.05, 3.63) is 59.7 Å². The Kier molecular flexibility index (Phi) is 4.64. The topological polar surface area (TPSA) is 66.5 Å². The lowest BCUT2D eigenvalue weighted by Gasteiger charge is -2.42. The molecule has 0 radical (unpaired) electrons. The van der Waals surface area contributed by atoms with E-state index in [-0.39, 0.29) is 10.8 Å². The van der Waals surface area contributed by atoms with Gasteiger partial charge in [0.25, 0.3) is 10.0 Å². The smallest absolute Gasteiger partial charge is 0.265 e. The van der Waals surface area contributed by atoms with Crippen LogP contribution in [0.4, 0.5) is 11.4 Å². The van der Waals surface area contributed by atoms with Crippen LogP contribution in [0, 0.1) is 6.92 Å². The van der Waals surface area contributed by atoms with E-state index in [1.54, 1.807) is 12.1 Å². The van der Waals surface area contributed by atoms with Crippen LogP contribution >= 0.6 is 0 Å². The summed E-state index contributed by atoms with van der Waals surface area (Å²) < 4.78 is 28.5. The molecule has 27 heavy (non-hydrogen) atoms. The zero-order chi connectivity index (χ0) is 20.0. The van der Waals surface area contributed by atoms with Crippen LogP contribution in [0.2, 0.25) is 0 Å². The lowest BCUT2D eigenvalue weighted by molar-refractivity contribution is -0.114. The highest BCUT2D eigenvalue weighted by molar-refractivity contribution is 7.93. The number of carbonyl (C=O) groups is 1. The predicted octanol–water partition coefficient (Wildman–Crippen LogP) is 4.34. The summed E-state index contributed by atoms with van der Waals surface area (Å²) in [7, 11) is -3.79. The molecule has 1 heterocycles. The fourth-order valence-corrected chi connectivity index (χ4v) is 5.36. The zero-order valence-corrected chi connectivity index (χ0v) is 17.0. The van der Waals surface area contributed by atoms with Crippen LogP contribution in [-0.2, 0) is 14.8 Å². The van der Waals surface area contributed by atoms with Gasteiger partial charge in [-0.3, -0.25) is 9.10 Å². The number of benzene rings is 2. The molecule has 0 aromatic heterocycles. The number of fused-ring (bicyclic) bond motifs is 1. The summed E-state index contributed by atoms with van der Waals surface area (Å²) in [5, 5.41) is 2.65. The Morgan fingerprint density at radius 1 is 1.04 bits per heavy atom. The number of rotatable bonds is 3. The number of amides is 1. The first kappa shape index (κ1) is 19.2. The summed E-state index contributed by atoms with van der Waals surface area (Å²) in [6.07, 6.45) is 1.98. The van der Waals surface area contributed by atoms with Gasteiger partial charge >= 0.3 is 0 Å². The second-order valence-electron chi connectivity index (χ2n) is 7.48. The number of nitrogens with zero attached hydrogens (tertiary/aromatic N) is 1. The maximum Gasteiger partial charge on any atom is 0.265 e. The Morgan fingerprint density at radius 2 is 1.67 bits per heavy atom. The Morgan fingerprint density at radius 3 is 2.26 bits per heavy atom. The van der Waals surface area contributed by atoms with Crippen LogP contribution in [0.25, 0.3) is 5.57 Å². The zero-order valence-electron chi connectivity index (χ0n) is 16.2. The molecule has 1 N–H and O–H groups in total. The van der Waals surface area contributed by atoms with Crippen LogP contribution in [-0.4, -0.2) is 19.9 Å². The minimum absolute atomic E-state index is 0.184. The maximum absolute atomic E-state index is 13.5. The summed E-state index contributed by atoms with van der Waals surface area (Å²) in [6.45, 7) is 9.19. The quantitative estimate of drug-likeness (QED) is 0.856. The molecule has 0 bridgehead atoms. The summed E-state index contributed by atoms with van der Waals surface area (Å²) >= 11 is 0. The molecule has 5 nitrogen and oxygen atoms in total. The van der Waals surface area contributed by atoms with Crippen molar-refractivity contribution in [2.24, 2.45) is 0 Å². The van der Waals surface area contributed by atoms with E-state index in [1.165, 1.54) is 23.4 Å². The van der Waals surface area contributed by atoms with Crippen molar-refractivity contribution in [3.63, 3.8) is 0 Å². The molecule has 0 atom stereocenters. The highest BCUT2D eigenvalue weighted by Crippen LogP contribution is 2.42. The van der Waals surface area contributed by atoms with E-state index in [0.29, 0.717) is 11.4 Å². The van der Waals surface area contributed by atoms with Gasteiger partial charge in [-0.1, -0.05) is 17.7 Å². The first-order valence-corrected chi connectivity index (χ1v) is 10.2. The maximum atomic E-state index is 13.5. The molecule has 2 aromatic carbocycles. The third-order valence-corrected chi connectivity index (χ3v) is 6.62. The number of nitrogens with one attached hydrogen (secondary N) is 1. The lowest BCUT2D eigenvalue weighted by atomic mass is 9.90. The van der Waals surface area contributed by atoms with Crippen molar-refractivity contribution >= 4 is 32.9 Å². The Bertz CT molecular complexity index is 1040. The SMILES string of the molecule is CC(=O)Nc1ccc(S(=O)(=O)N2c3ccc(C)cc3C(C)=CC2(C)C)cc1. The first-order chi connectivity index (χ1) is 12.5. The average Bonchev–Trinajstić information content (AvgIpc) is 2.54. The van der Waals surface area contributed by atoms with Crippen molar-refractivity contribution in [2.45, 2.75) is 45.1 Å². The highest BCUT2D eigenvalue weighted by Gasteiger charge is 2.40. The lowest BCUT2D eigenvalue weighted by Crippen LogP contribution is -2.48. The fourth-order valence-electron chi connectivity index (χ4n) is 3.58. The van der Waals surface area contributed by atoms with Crippen LogP contribution in [0.3, 0.4) is 0 Å². The largest absolute Gasteiger partial charge is 0.326 e. The normalized spacial score (nSPS) is 15.7. The molecular weight excluding hydrogens is 360 g/mol. The van der Waals surface area contributed by atoms with Crippen molar-refractivity contribution in [1.29, 1.82) is 0 Å². The summed E-state index contributed by atoms with van der Waals surface area (Å²) in [5.41, 5.74) is 3.60. The van der Waals surface area contributed by atoms with Crippen molar-refractivity contribution in [1.82, 2.24) is 0 Å². The number of carbonyl (C=O) groups excluding carboxylic acids is 1. The van der Waals surface area contributed by atoms with Crippen molar-refractivity contribution in [2.75, 3.05) is 9.62 Å². The van der Waals surface area contributed by atoms with Gasteiger partial charge in [0.05, 0.1) is 16.1 Å². The van der Waals surface area contributed by atoms with E-state index in [4.69, 9.17) is 0 Å². The minimum Gasteiger partial charge on any atom is -0.326 e. The van der Waals surface area contributed by atoms with Gasteiger partial charge in [0, 0.05) is 18.2 Å². The summed E-state index contributed by atoms with van der Waals surface area (Å²) in [4.78, 5) is 11.4. The van der Waals surface area contributed by atoms with E-state index in [0.717, 1.165) is 16.7 Å². The van der Waals surface area contributed by atoms with Gasteiger partial charge in [-0.25, -0.2) is 8.42 Å². The monoisotopic (exact) mass is 384 g/mol. The van der Waals surface area contributed by atoms with Crippen LogP contribution < -0.4 is 9.62 Å². The number of anilines is 2. The molecule has 0 aliphatic carbocycles. The van der Waals surface area contributed by atoms with Crippen LogP contribution in [0.15, 0.2) is 53.4 Å². The van der Waals surface area contributed by atoms with Crippen LogP contribution in [0.5, 0.6) is 0 Å². The molecule has 2 aromatic rings. The van der Waals surface area contributed by atoms with Gasteiger partial charge < -0.3 is 5.32 Å². The molecule has 142 valence electrons. The third kappa shape index (κ3) is 3.49. The fraction of sp³-hybridized carbons (Fsp3) is 0.286. The Labute approximate surface area is 160 Å². The Hall–Kier alpha value is -2.60. The Balaban J connectivity index is 2.12. The van der Waals surface area contributed by atoms with E-state index in [2.05, 4.69) is 5.32 Å². The van der Waals surface area contributed by atoms with Gasteiger partial charge in [-0.2, -0.15) is 0 Å². The van der Waals surface area contributed by atoms with Gasteiger partial charge in [0.2, 0.25) is 5.91 Å². The van der Waals surface area contributed by atoms with Gasteiger partial charge in [0.1, 0.15) is 0 Å². The number of allylic oxidation sites excluding steroid dienone is 1. The number of hydrogen-bond donors (Lipinski definition) is 1. The number of aryl methyl sites for hydroxylation is 1. The second-order valence-corrected chi connectivity index (χ2v) is 9.26. The number of sulfonamides is 1. The van der Waals surface area contributed by atoms with E-state index < -0.39 is 15.6 Å². The van der Waals surface area contributed by atoms with Crippen molar-refractivity contribution < 1.29 is 13.2 Å². The molecule has 1 amide bonds. The van der Waals surface area contributed by atoms with E-state index in [1.807, 2.05) is 52.0 Å². The van der Waals surface area contributed by atoms with E-state index in [9.17, 15) is 13.2 Å². The van der Waals surface area contributed by atoms with Gasteiger partial charge in [-0.15, -0.1) is 0 Å². The molecule has 1 aliphatic heterocycles. The third-order valence-electron chi connectivity index (χ3n) is 4.60. The molecule has 0 saturated carbocycles. The minimum atomic E-state index is -3.79. The standard InChI is InChI=1S/C21H24N2O3S/c1-14-6-11-20-19(12-14)15(2)13-21(4,5)23(20)27(25,26)18-9-7-17(8-10-18)22-16(3)24/h6-13H,1-5H3,(H,22,24). The average molecular weight is 385 g/mol. The molecule has 3 rings (SSSR count). The molecule has 0 saturated heterocycles. The number of hydrogen-bond acceptors (Lipinski definition) is 3. The molecule has 0 spiro atoms.